The molecule has 12 heteroatoms. The molecule has 0 bridgehead atoms. The number of methoxy groups -OCH3 is 1. The summed E-state index contributed by atoms with van der Waals surface area (Å²) in [5.74, 6) is -2.30. The van der Waals surface area contributed by atoms with E-state index in [1.165, 1.54) is 25.3 Å². The van der Waals surface area contributed by atoms with Gasteiger partial charge in [0, 0.05) is 41.2 Å². The van der Waals surface area contributed by atoms with Gasteiger partial charge in [-0.3, -0.25) is 14.6 Å². The van der Waals surface area contributed by atoms with Crippen LogP contribution >= 0.6 is 0 Å². The topological polar surface area (TPSA) is 158 Å². The Labute approximate surface area is 265 Å². The monoisotopic (exact) mass is 633 g/mol. The van der Waals surface area contributed by atoms with Gasteiger partial charge in [-0.2, -0.15) is 0 Å². The van der Waals surface area contributed by atoms with E-state index in [-0.39, 0.29) is 42.0 Å². The zero-order valence-corrected chi connectivity index (χ0v) is 25.9. The van der Waals surface area contributed by atoms with E-state index in [0.29, 0.717) is 41.1 Å². The van der Waals surface area contributed by atoms with Gasteiger partial charge in [0.25, 0.3) is 5.91 Å². The molecule has 0 aromatic heterocycles. The van der Waals surface area contributed by atoms with Gasteiger partial charge in [-0.25, -0.2) is 8.78 Å². The molecule has 2 heterocycles. The molecule has 3 atom stereocenters. The van der Waals surface area contributed by atoms with Crippen LogP contribution in [0.3, 0.4) is 0 Å². The quantitative estimate of drug-likeness (QED) is 0.167. The van der Waals surface area contributed by atoms with Crippen molar-refractivity contribution in [3.05, 3.63) is 81.8 Å². The van der Waals surface area contributed by atoms with Crippen molar-refractivity contribution in [3.8, 4) is 5.75 Å². The Morgan fingerprint density at radius 1 is 1.15 bits per heavy atom. The molecule has 4 aliphatic rings. The molecule has 46 heavy (non-hydrogen) atoms. The van der Waals surface area contributed by atoms with Crippen LogP contribution in [0.2, 0.25) is 0 Å². The van der Waals surface area contributed by atoms with E-state index in [2.05, 4.69) is 15.6 Å². The molecule has 0 radical (unpaired) electrons. The third kappa shape index (κ3) is 5.29. The minimum Gasteiger partial charge on any atom is -0.495 e. The van der Waals surface area contributed by atoms with Gasteiger partial charge in [0.1, 0.15) is 47.0 Å². The molecule has 10 nitrogen and oxygen atoms in total. The lowest BCUT2D eigenvalue weighted by molar-refractivity contribution is -0.125. The summed E-state index contributed by atoms with van der Waals surface area (Å²) in [6.45, 7) is 3.10. The maximum atomic E-state index is 14.5. The van der Waals surface area contributed by atoms with Gasteiger partial charge < -0.3 is 36.4 Å². The average Bonchev–Trinajstić information content (AvgIpc) is 3.96. The SMILES string of the molecule is COc1cc(C(=O)NC[C@](C=O)(C2=CC3=C(OC[C@]3(C)C(N)=O)C(C)(c3cc(F)cc(F)c3)N2)C2CC2)cc(C=NC2CC2)c1N. The fraction of sp³-hybridized carbons (Fsp3) is 0.412. The van der Waals surface area contributed by atoms with Crippen molar-refractivity contribution in [1.29, 1.82) is 0 Å². The van der Waals surface area contributed by atoms with Crippen LogP contribution in [0.4, 0.5) is 14.5 Å². The Kier molecular flexibility index (Phi) is 7.64. The number of nitrogens with one attached hydrogen (secondary N) is 2. The van der Waals surface area contributed by atoms with Crippen molar-refractivity contribution >= 4 is 30.0 Å². The lowest BCUT2D eigenvalue weighted by Crippen LogP contribution is -2.53. The van der Waals surface area contributed by atoms with Gasteiger partial charge in [0.2, 0.25) is 5.91 Å². The summed E-state index contributed by atoms with van der Waals surface area (Å²) in [6, 6.07) is 6.50. The molecule has 6 rings (SSSR count). The number of hydrogen-bond donors (Lipinski definition) is 4. The van der Waals surface area contributed by atoms with Crippen molar-refractivity contribution in [2.75, 3.05) is 26.0 Å². The van der Waals surface area contributed by atoms with Gasteiger partial charge in [0.05, 0.1) is 24.3 Å². The summed E-state index contributed by atoms with van der Waals surface area (Å²) in [6.07, 6.45) is 7.51. The molecule has 2 aliphatic carbocycles. The fourth-order valence-corrected chi connectivity index (χ4v) is 6.32. The zero-order valence-electron chi connectivity index (χ0n) is 25.9. The Morgan fingerprint density at radius 2 is 1.85 bits per heavy atom. The van der Waals surface area contributed by atoms with E-state index in [0.717, 1.165) is 25.2 Å². The first-order valence-electron chi connectivity index (χ1n) is 15.2. The summed E-state index contributed by atoms with van der Waals surface area (Å²) in [4.78, 5) is 44.1. The summed E-state index contributed by atoms with van der Waals surface area (Å²) in [5, 5.41) is 6.27. The maximum Gasteiger partial charge on any atom is 0.251 e. The minimum atomic E-state index is -1.39. The fourth-order valence-electron chi connectivity index (χ4n) is 6.32. The lowest BCUT2D eigenvalue weighted by atomic mass is 9.71. The van der Waals surface area contributed by atoms with Crippen LogP contribution in [0.1, 0.15) is 61.0 Å². The van der Waals surface area contributed by atoms with Crippen molar-refractivity contribution < 1.29 is 32.6 Å². The van der Waals surface area contributed by atoms with Crippen molar-refractivity contribution in [2.45, 2.75) is 51.1 Å². The van der Waals surface area contributed by atoms with Crippen molar-refractivity contribution in [1.82, 2.24) is 10.6 Å². The molecular weight excluding hydrogens is 596 g/mol. The number of dihydropyridines is 1. The zero-order chi connectivity index (χ0) is 33.0. The Morgan fingerprint density at radius 3 is 2.43 bits per heavy atom. The smallest absolute Gasteiger partial charge is 0.251 e. The van der Waals surface area contributed by atoms with E-state index >= 15 is 0 Å². The van der Waals surface area contributed by atoms with Gasteiger partial charge in [0.15, 0.2) is 0 Å². The summed E-state index contributed by atoms with van der Waals surface area (Å²) in [5.41, 5.74) is 10.3. The average molecular weight is 634 g/mol. The highest BCUT2D eigenvalue weighted by molar-refractivity contribution is 6.00. The van der Waals surface area contributed by atoms with E-state index < -0.39 is 39.8 Å². The van der Waals surface area contributed by atoms with Gasteiger partial charge >= 0.3 is 0 Å². The van der Waals surface area contributed by atoms with Crippen molar-refractivity contribution in [2.24, 2.45) is 27.5 Å². The van der Waals surface area contributed by atoms with Crippen molar-refractivity contribution in [3.63, 3.8) is 0 Å². The highest BCUT2D eigenvalue weighted by Crippen LogP contribution is 2.54. The van der Waals surface area contributed by atoms with E-state index in [1.807, 2.05) is 0 Å². The number of allylic oxidation sites excluding steroid dienone is 1. The Hall–Kier alpha value is -4.74. The number of primary amides is 1. The summed E-state index contributed by atoms with van der Waals surface area (Å²) < 4.78 is 40.5. The molecule has 2 saturated carbocycles. The van der Waals surface area contributed by atoms with Crippen LogP contribution in [-0.2, 0) is 19.9 Å². The number of nitrogens with zero attached hydrogens (tertiary/aromatic N) is 1. The second-order valence-electron chi connectivity index (χ2n) is 13.0. The van der Waals surface area contributed by atoms with Crippen LogP contribution in [0.5, 0.6) is 5.75 Å². The van der Waals surface area contributed by atoms with Gasteiger partial charge in [-0.15, -0.1) is 0 Å². The highest BCUT2D eigenvalue weighted by Gasteiger charge is 2.56. The Bertz CT molecular complexity index is 1710. The molecule has 242 valence electrons. The highest BCUT2D eigenvalue weighted by atomic mass is 19.1. The molecule has 1 unspecified atom stereocenters. The molecule has 2 aromatic carbocycles. The van der Waals surface area contributed by atoms with Crippen LogP contribution < -0.4 is 26.8 Å². The number of anilines is 1. The standard InChI is InChI=1S/C34H37F2N5O5/c1-32(31(38)44)17-46-29-25(32)13-27(41-33(29,2)21-10-22(35)12-23(36)11-21)34(16-42,20-4-5-20)15-40-30(43)18-8-19(14-39-24-6-7-24)28(37)26(9-18)45-3/h8-14,16,20,24,41H,4-7,15,17,37H2,1-3H3,(H2,38,44)(H,40,43)/t32-,33?,34+/m0/s1. The van der Waals surface area contributed by atoms with Crippen LogP contribution in [-0.4, -0.2) is 50.6 Å². The lowest BCUT2D eigenvalue weighted by Gasteiger charge is -2.43. The van der Waals surface area contributed by atoms with Crippen LogP contribution in [0.25, 0.3) is 0 Å². The number of carbonyl (C=O) groups excluding carboxylic acids is 3. The molecule has 2 amide bonds. The number of hydrogen-bond acceptors (Lipinski definition) is 8. The molecule has 0 saturated heterocycles. The van der Waals surface area contributed by atoms with Gasteiger partial charge in [-0.1, -0.05) is 0 Å². The molecule has 6 N–H and O–H groups in total. The summed E-state index contributed by atoms with van der Waals surface area (Å²) >= 11 is 0. The normalized spacial score (nSPS) is 25.2. The predicted molar refractivity (Wildman–Crippen MR) is 167 cm³/mol. The van der Waals surface area contributed by atoms with Crippen LogP contribution in [0.15, 0.2) is 58.4 Å². The number of nitrogen functional groups attached to an aromatic ring is 1. The number of aliphatic imine (C=N–C) groups is 1. The number of amides is 2. The molecule has 2 fully saturated rings. The predicted octanol–water partition coefficient (Wildman–Crippen LogP) is 3.64. The van der Waals surface area contributed by atoms with E-state index in [4.69, 9.17) is 20.9 Å². The number of benzene rings is 2. The first kappa shape index (κ1) is 31.3. The van der Waals surface area contributed by atoms with E-state index in [1.54, 1.807) is 32.2 Å². The third-order valence-corrected chi connectivity index (χ3v) is 9.64. The molecule has 2 aliphatic heterocycles. The number of aldehydes is 1. The third-order valence-electron chi connectivity index (χ3n) is 9.64. The summed E-state index contributed by atoms with van der Waals surface area (Å²) in [7, 11) is 1.46. The Balaban J connectivity index is 1.38. The second-order valence-corrected chi connectivity index (χ2v) is 13.0. The number of nitrogens with two attached hydrogens (primary N) is 2. The first-order valence-corrected chi connectivity index (χ1v) is 15.2. The molecule has 0 spiro atoms. The molecular formula is C34H37F2N5O5. The first-order chi connectivity index (χ1) is 21.8. The largest absolute Gasteiger partial charge is 0.495 e. The van der Waals surface area contributed by atoms with E-state index in [9.17, 15) is 23.2 Å². The van der Waals surface area contributed by atoms with Gasteiger partial charge in [-0.05, 0) is 81.4 Å². The number of ether oxygens (including phenoxy) is 2. The van der Waals surface area contributed by atoms with Crippen LogP contribution in [0, 0.1) is 28.4 Å². The minimum absolute atomic E-state index is 0.0918. The second kappa shape index (κ2) is 11.3. The number of carbonyl (C=O) groups is 3. The number of halogens is 2. The number of rotatable bonds is 11. The maximum absolute atomic E-state index is 14.5. The molecule has 2 aromatic rings.